The van der Waals surface area contributed by atoms with Crippen molar-refractivity contribution in [2.45, 2.75) is 123 Å². The van der Waals surface area contributed by atoms with Crippen molar-refractivity contribution >= 4 is 19.8 Å². The summed E-state index contributed by atoms with van der Waals surface area (Å²) < 4.78 is 32.4. The second-order valence-electron chi connectivity index (χ2n) is 10.7. The smallest absolute Gasteiger partial charge is 0.462 e. The zero-order valence-corrected chi connectivity index (χ0v) is 28.7. The topological polar surface area (TPSA) is 134 Å². The van der Waals surface area contributed by atoms with Crippen molar-refractivity contribution in [3.8, 4) is 0 Å². The van der Waals surface area contributed by atoms with Gasteiger partial charge in [-0.1, -0.05) is 113 Å². The average molecular weight is 654 g/mol. The van der Waals surface area contributed by atoms with Crippen molar-refractivity contribution in [2.24, 2.45) is 5.73 Å². The van der Waals surface area contributed by atoms with Crippen LogP contribution < -0.4 is 5.73 Å². The first-order chi connectivity index (χ1) is 21.8. The van der Waals surface area contributed by atoms with Gasteiger partial charge in [0.1, 0.15) is 6.61 Å². The molecule has 2 atom stereocenters. The van der Waals surface area contributed by atoms with Crippen molar-refractivity contribution in [2.75, 3.05) is 26.4 Å². The molecule has 0 aromatic rings. The van der Waals surface area contributed by atoms with Gasteiger partial charge in [0.25, 0.3) is 0 Å². The fraction of sp³-hybridized carbons (Fsp3) is 0.657. The Morgan fingerprint density at radius 1 is 0.689 bits per heavy atom. The first kappa shape index (κ1) is 42.7. The molecule has 0 aromatic heterocycles. The summed E-state index contributed by atoms with van der Waals surface area (Å²) in [5.41, 5.74) is 5.30. The maximum atomic E-state index is 12.4. The Balaban J connectivity index is 4.39. The molecule has 0 fully saturated rings. The van der Waals surface area contributed by atoms with Crippen LogP contribution in [0.1, 0.15) is 117 Å². The number of phosphoric ester groups is 1. The van der Waals surface area contributed by atoms with Crippen LogP contribution in [-0.4, -0.2) is 49.3 Å². The quantitative estimate of drug-likeness (QED) is 0.0338. The highest BCUT2D eigenvalue weighted by Crippen LogP contribution is 2.43. The highest BCUT2D eigenvalue weighted by atomic mass is 31.2. The number of unbranched alkanes of at least 4 members (excludes halogenated alkanes) is 7. The molecule has 0 radical (unpaired) electrons. The number of hydrogen-bond donors (Lipinski definition) is 2. The first-order valence-electron chi connectivity index (χ1n) is 16.8. The van der Waals surface area contributed by atoms with Gasteiger partial charge in [0.05, 0.1) is 13.2 Å². The van der Waals surface area contributed by atoms with E-state index < -0.39 is 32.5 Å². The number of rotatable bonds is 30. The van der Waals surface area contributed by atoms with Gasteiger partial charge < -0.3 is 20.1 Å². The monoisotopic (exact) mass is 653 g/mol. The van der Waals surface area contributed by atoms with Crippen molar-refractivity contribution in [1.29, 1.82) is 0 Å². The molecule has 3 N–H and O–H groups in total. The second kappa shape index (κ2) is 31.7. The lowest BCUT2D eigenvalue weighted by Gasteiger charge is -2.19. The van der Waals surface area contributed by atoms with E-state index in [4.69, 9.17) is 24.3 Å². The van der Waals surface area contributed by atoms with Crippen LogP contribution >= 0.6 is 7.82 Å². The minimum absolute atomic E-state index is 0.0421. The lowest BCUT2D eigenvalue weighted by atomic mass is 10.1. The Morgan fingerprint density at radius 3 is 1.80 bits per heavy atom. The molecule has 258 valence electrons. The number of hydrogen-bond acceptors (Lipinski definition) is 8. The third-order valence-corrected chi connectivity index (χ3v) is 7.40. The van der Waals surface area contributed by atoms with E-state index in [0.717, 1.165) is 57.8 Å². The van der Waals surface area contributed by atoms with Crippen molar-refractivity contribution in [3.63, 3.8) is 0 Å². The molecule has 1 unspecified atom stereocenters. The Bertz CT molecular complexity index is 929. The van der Waals surface area contributed by atoms with Crippen LogP contribution in [0.2, 0.25) is 0 Å². The second-order valence-corrected chi connectivity index (χ2v) is 12.1. The SMILES string of the molecule is CC/C=C/C/C=C/C/C=C/C/C=C/C/C=C/CCCC(=O)O[C@H](COC(=O)CCCCCCCCC)COP(=O)(O)OCCN. The van der Waals surface area contributed by atoms with E-state index in [-0.39, 0.29) is 32.6 Å². The predicted octanol–water partition coefficient (Wildman–Crippen LogP) is 8.60. The number of esters is 2. The molecule has 0 amide bonds. The van der Waals surface area contributed by atoms with Gasteiger partial charge in [-0.3, -0.25) is 18.6 Å². The number of carbonyl (C=O) groups is 2. The molecule has 0 rings (SSSR count). The van der Waals surface area contributed by atoms with Crippen molar-refractivity contribution < 1.29 is 37.6 Å². The van der Waals surface area contributed by atoms with Gasteiger partial charge in [-0.15, -0.1) is 0 Å². The molecule has 0 heterocycles. The fourth-order valence-electron chi connectivity index (χ4n) is 3.96. The third kappa shape index (κ3) is 31.5. The summed E-state index contributed by atoms with van der Waals surface area (Å²) in [6, 6.07) is 0. The molecular weight excluding hydrogens is 593 g/mol. The Hall–Kier alpha value is -2.29. The van der Waals surface area contributed by atoms with Crippen LogP contribution in [0.5, 0.6) is 0 Å². The summed E-state index contributed by atoms with van der Waals surface area (Å²) in [5, 5.41) is 0. The summed E-state index contributed by atoms with van der Waals surface area (Å²) in [6.07, 6.45) is 34.2. The van der Waals surface area contributed by atoms with Gasteiger partial charge in [-0.05, 0) is 51.4 Å². The highest BCUT2D eigenvalue weighted by Gasteiger charge is 2.25. The van der Waals surface area contributed by atoms with E-state index in [1.54, 1.807) is 0 Å². The lowest BCUT2D eigenvalue weighted by Crippen LogP contribution is -2.29. The van der Waals surface area contributed by atoms with E-state index >= 15 is 0 Å². The first-order valence-corrected chi connectivity index (χ1v) is 18.3. The van der Waals surface area contributed by atoms with Gasteiger partial charge in [0.2, 0.25) is 0 Å². The number of phosphoric acid groups is 1. The summed E-state index contributed by atoms with van der Waals surface area (Å²) in [4.78, 5) is 34.4. The standard InChI is InChI=1S/C35H60NO8P/c1-3-5-7-9-11-12-13-14-15-16-17-18-19-20-22-24-26-28-35(38)44-33(32-43-45(39,40)42-30-29-36)31-41-34(37)27-25-23-21-10-8-6-4-2/h5,7,11-12,14-15,17-18,20,22,33H,3-4,6,8-10,13,16,19,21,23-32,36H2,1-2H3,(H,39,40)/b7-5+,12-11+,15-14+,18-17+,22-20+/t33-/m1/s1. The molecule has 0 aliphatic carbocycles. The molecule has 9 nitrogen and oxygen atoms in total. The summed E-state index contributed by atoms with van der Waals surface area (Å²) in [6.45, 7) is 3.45. The van der Waals surface area contributed by atoms with Gasteiger partial charge in [0, 0.05) is 19.4 Å². The van der Waals surface area contributed by atoms with Crippen molar-refractivity contribution in [1.82, 2.24) is 0 Å². The van der Waals surface area contributed by atoms with E-state index in [1.165, 1.54) is 19.3 Å². The zero-order chi connectivity index (χ0) is 33.3. The number of nitrogens with two attached hydrogens (primary N) is 1. The van der Waals surface area contributed by atoms with Gasteiger partial charge in [0.15, 0.2) is 6.10 Å². The summed E-state index contributed by atoms with van der Waals surface area (Å²) >= 11 is 0. The third-order valence-electron chi connectivity index (χ3n) is 6.42. The van der Waals surface area contributed by atoms with E-state index in [0.29, 0.717) is 12.8 Å². The molecule has 0 saturated carbocycles. The maximum absolute atomic E-state index is 12.4. The molecule has 0 spiro atoms. The van der Waals surface area contributed by atoms with Gasteiger partial charge >= 0.3 is 19.8 Å². The van der Waals surface area contributed by atoms with Crippen LogP contribution in [-0.2, 0) is 32.7 Å². The van der Waals surface area contributed by atoms with E-state index in [1.807, 2.05) is 6.08 Å². The largest absolute Gasteiger partial charge is 0.472 e. The molecule has 0 aliphatic heterocycles. The molecule has 45 heavy (non-hydrogen) atoms. The summed E-state index contributed by atoms with van der Waals surface area (Å²) in [7, 11) is -4.38. The van der Waals surface area contributed by atoms with Crippen LogP contribution in [0, 0.1) is 0 Å². The number of carbonyl (C=O) groups excluding carboxylic acids is 2. The van der Waals surface area contributed by atoms with Gasteiger partial charge in [-0.25, -0.2) is 4.57 Å². The van der Waals surface area contributed by atoms with E-state index in [9.17, 15) is 19.0 Å². The van der Waals surface area contributed by atoms with Crippen molar-refractivity contribution in [3.05, 3.63) is 60.8 Å². The van der Waals surface area contributed by atoms with Crippen LogP contribution in [0.15, 0.2) is 60.8 Å². The Morgan fingerprint density at radius 2 is 1.22 bits per heavy atom. The maximum Gasteiger partial charge on any atom is 0.472 e. The Kier molecular flexibility index (Phi) is 30.1. The minimum atomic E-state index is -4.38. The Labute approximate surface area is 272 Å². The van der Waals surface area contributed by atoms with Gasteiger partial charge in [-0.2, -0.15) is 0 Å². The lowest BCUT2D eigenvalue weighted by molar-refractivity contribution is -0.161. The molecule has 0 aliphatic rings. The highest BCUT2D eigenvalue weighted by molar-refractivity contribution is 7.47. The predicted molar refractivity (Wildman–Crippen MR) is 183 cm³/mol. The molecule has 0 saturated heterocycles. The van der Waals surface area contributed by atoms with Crippen LogP contribution in [0.4, 0.5) is 0 Å². The van der Waals surface area contributed by atoms with Crippen LogP contribution in [0.3, 0.4) is 0 Å². The number of allylic oxidation sites excluding steroid dienone is 10. The molecule has 0 aromatic carbocycles. The van der Waals surface area contributed by atoms with Crippen LogP contribution in [0.25, 0.3) is 0 Å². The summed E-state index contributed by atoms with van der Waals surface area (Å²) in [5.74, 6) is -0.913. The normalized spacial score (nSPS) is 14.3. The van der Waals surface area contributed by atoms with E-state index in [2.05, 4.69) is 68.5 Å². The molecule has 0 bridgehead atoms. The minimum Gasteiger partial charge on any atom is -0.462 e. The molecular formula is C35H60NO8P. The molecule has 10 heteroatoms. The zero-order valence-electron chi connectivity index (χ0n) is 27.8. The number of ether oxygens (including phenoxy) is 2. The fourth-order valence-corrected chi connectivity index (χ4v) is 4.73. The average Bonchev–Trinajstić information content (AvgIpc) is 3.02.